The highest BCUT2D eigenvalue weighted by Gasteiger charge is 2.50. The van der Waals surface area contributed by atoms with E-state index in [1.807, 2.05) is 0 Å². The lowest BCUT2D eigenvalue weighted by Gasteiger charge is -2.53. The minimum absolute atomic E-state index is 0.0173. The van der Waals surface area contributed by atoms with Gasteiger partial charge in [-0.3, -0.25) is 4.79 Å². The first-order chi connectivity index (χ1) is 11.6. The topological polar surface area (TPSA) is 42.0 Å². The number of nitrogens with zero attached hydrogens (tertiary/aromatic N) is 1. The summed E-state index contributed by atoms with van der Waals surface area (Å²) in [4.78, 5) is 17.0. The van der Waals surface area contributed by atoms with Crippen molar-refractivity contribution in [3.63, 3.8) is 0 Å². The van der Waals surface area contributed by atoms with Crippen LogP contribution < -0.4 is 5.32 Å². The van der Waals surface area contributed by atoms with Crippen LogP contribution in [0.3, 0.4) is 0 Å². The number of halogens is 2. The molecule has 0 radical (unpaired) electrons. The van der Waals surface area contributed by atoms with Crippen molar-refractivity contribution in [1.82, 2.24) is 4.98 Å². The molecule has 0 spiro atoms. The van der Waals surface area contributed by atoms with Gasteiger partial charge in [-0.1, -0.05) is 11.3 Å². The largest absolute Gasteiger partial charge is 0.302 e. The minimum atomic E-state index is -0.684. The lowest BCUT2D eigenvalue weighted by molar-refractivity contribution is -0.132. The van der Waals surface area contributed by atoms with Crippen molar-refractivity contribution >= 4 is 32.6 Å². The highest BCUT2D eigenvalue weighted by molar-refractivity contribution is 7.22. The van der Waals surface area contributed by atoms with E-state index >= 15 is 0 Å². The number of carbonyl (C=O) groups excluding carboxylic acids is 1. The summed E-state index contributed by atoms with van der Waals surface area (Å²) in [7, 11) is 0. The number of rotatable bonds is 2. The molecule has 4 aliphatic carbocycles. The first kappa shape index (κ1) is 14.8. The molecule has 1 N–H and O–H groups in total. The van der Waals surface area contributed by atoms with E-state index in [-0.39, 0.29) is 17.3 Å². The molecular weight excluding hydrogens is 330 g/mol. The van der Waals surface area contributed by atoms with Crippen molar-refractivity contribution in [2.24, 2.45) is 29.6 Å². The number of hydrogen-bond donors (Lipinski definition) is 1. The van der Waals surface area contributed by atoms with Crippen LogP contribution in [-0.2, 0) is 4.79 Å². The smallest absolute Gasteiger partial charge is 0.229 e. The van der Waals surface area contributed by atoms with Gasteiger partial charge < -0.3 is 5.32 Å². The van der Waals surface area contributed by atoms with Gasteiger partial charge in [0.15, 0.2) is 10.9 Å². The SMILES string of the molecule is O=C(Nc1nc2c(F)cc(F)cc2s1)C1C2CC3CC(C2)CC1C3. The first-order valence-electron chi connectivity index (χ1n) is 8.63. The maximum Gasteiger partial charge on any atom is 0.229 e. The van der Waals surface area contributed by atoms with Crippen molar-refractivity contribution in [2.75, 3.05) is 5.32 Å². The summed E-state index contributed by atoms with van der Waals surface area (Å²) in [6.45, 7) is 0. The average Bonchev–Trinajstić information content (AvgIpc) is 2.88. The van der Waals surface area contributed by atoms with E-state index < -0.39 is 11.6 Å². The van der Waals surface area contributed by atoms with Crippen molar-refractivity contribution in [3.8, 4) is 0 Å². The molecule has 4 fully saturated rings. The lowest BCUT2D eigenvalue weighted by Crippen LogP contribution is -2.49. The molecule has 6 rings (SSSR count). The molecule has 1 aromatic heterocycles. The van der Waals surface area contributed by atoms with Crippen LogP contribution in [-0.4, -0.2) is 10.9 Å². The molecule has 0 unspecified atom stereocenters. The van der Waals surface area contributed by atoms with E-state index in [2.05, 4.69) is 10.3 Å². The maximum absolute atomic E-state index is 13.8. The Hall–Kier alpha value is -1.56. The predicted octanol–water partition coefficient (Wildman–Crippen LogP) is 4.59. The van der Waals surface area contributed by atoms with Crippen LogP contribution in [0.25, 0.3) is 10.2 Å². The van der Waals surface area contributed by atoms with Gasteiger partial charge in [-0.05, 0) is 61.8 Å². The molecule has 2 aromatic rings. The molecular formula is C18H18F2N2OS. The summed E-state index contributed by atoms with van der Waals surface area (Å²) in [5, 5.41) is 3.25. The molecule has 0 saturated heterocycles. The summed E-state index contributed by atoms with van der Waals surface area (Å²) in [5.41, 5.74) is 0.127. The zero-order valence-corrected chi connectivity index (χ0v) is 13.9. The molecule has 1 heterocycles. The fourth-order valence-corrected chi connectivity index (χ4v) is 6.46. The molecule has 3 nitrogen and oxygen atoms in total. The zero-order chi connectivity index (χ0) is 16.4. The Morgan fingerprint density at radius 1 is 1.08 bits per heavy atom. The Labute approximate surface area is 142 Å². The monoisotopic (exact) mass is 348 g/mol. The van der Waals surface area contributed by atoms with E-state index in [1.165, 1.54) is 38.2 Å². The molecule has 4 saturated carbocycles. The first-order valence-corrected chi connectivity index (χ1v) is 9.45. The fourth-order valence-electron chi connectivity index (χ4n) is 5.55. The van der Waals surface area contributed by atoms with Gasteiger partial charge in [0, 0.05) is 12.0 Å². The number of carbonyl (C=O) groups is 1. The summed E-state index contributed by atoms with van der Waals surface area (Å²) < 4.78 is 27.5. The Bertz CT molecular complexity index is 806. The van der Waals surface area contributed by atoms with Gasteiger partial charge in [-0.15, -0.1) is 0 Å². The van der Waals surface area contributed by atoms with Gasteiger partial charge >= 0.3 is 0 Å². The molecule has 24 heavy (non-hydrogen) atoms. The van der Waals surface area contributed by atoms with Crippen molar-refractivity contribution < 1.29 is 13.6 Å². The Morgan fingerprint density at radius 2 is 1.75 bits per heavy atom. The van der Waals surface area contributed by atoms with E-state index in [0.717, 1.165) is 29.2 Å². The zero-order valence-electron chi connectivity index (χ0n) is 13.1. The summed E-state index contributed by atoms with van der Waals surface area (Å²) in [6, 6.07) is 2.08. The van der Waals surface area contributed by atoms with E-state index in [4.69, 9.17) is 0 Å². The fraction of sp³-hybridized carbons (Fsp3) is 0.556. The molecule has 1 amide bonds. The molecule has 4 aliphatic rings. The Kier molecular flexibility index (Phi) is 3.21. The Morgan fingerprint density at radius 3 is 2.42 bits per heavy atom. The summed E-state index contributed by atoms with van der Waals surface area (Å²) in [5.74, 6) is 1.39. The van der Waals surface area contributed by atoms with E-state index in [0.29, 0.717) is 21.7 Å². The van der Waals surface area contributed by atoms with Crippen LogP contribution in [0.4, 0.5) is 13.9 Å². The van der Waals surface area contributed by atoms with Gasteiger partial charge in [-0.2, -0.15) is 0 Å². The second kappa shape index (κ2) is 5.22. The second-order valence-electron chi connectivity index (χ2n) is 7.70. The van der Waals surface area contributed by atoms with Gasteiger partial charge in [0.25, 0.3) is 0 Å². The Balaban J connectivity index is 1.40. The van der Waals surface area contributed by atoms with Crippen LogP contribution in [0.5, 0.6) is 0 Å². The van der Waals surface area contributed by atoms with Crippen LogP contribution in [0.2, 0.25) is 0 Å². The number of amides is 1. The van der Waals surface area contributed by atoms with Gasteiger partial charge in [0.1, 0.15) is 11.3 Å². The quantitative estimate of drug-likeness (QED) is 0.863. The third kappa shape index (κ3) is 2.26. The predicted molar refractivity (Wildman–Crippen MR) is 88.7 cm³/mol. The van der Waals surface area contributed by atoms with Gasteiger partial charge in [0.2, 0.25) is 5.91 Å². The molecule has 0 atom stereocenters. The van der Waals surface area contributed by atoms with E-state index in [9.17, 15) is 13.6 Å². The molecule has 6 heteroatoms. The number of benzene rings is 1. The molecule has 126 valence electrons. The summed E-state index contributed by atoms with van der Waals surface area (Å²) >= 11 is 1.13. The third-order valence-electron chi connectivity index (χ3n) is 6.17. The highest BCUT2D eigenvalue weighted by Crippen LogP contribution is 2.56. The maximum atomic E-state index is 13.8. The number of fused-ring (bicyclic) bond motifs is 1. The van der Waals surface area contributed by atoms with Crippen LogP contribution in [0, 0.1) is 41.2 Å². The third-order valence-corrected chi connectivity index (χ3v) is 7.09. The number of aromatic nitrogens is 1. The molecule has 1 aromatic carbocycles. The number of hydrogen-bond acceptors (Lipinski definition) is 3. The highest BCUT2D eigenvalue weighted by atomic mass is 32.1. The standard InChI is InChI=1S/C18H18F2N2OS/c19-12-6-13(20)16-14(7-12)24-18(21-16)22-17(23)15-10-2-8-1-9(4-10)5-11(15)3-8/h6-11,15H,1-5H2,(H,21,22,23). The van der Waals surface area contributed by atoms with Gasteiger partial charge in [0.05, 0.1) is 4.70 Å². The lowest BCUT2D eigenvalue weighted by atomic mass is 9.51. The van der Waals surface area contributed by atoms with Crippen LogP contribution in [0.15, 0.2) is 12.1 Å². The summed E-state index contributed by atoms with van der Waals surface area (Å²) in [6.07, 6.45) is 6.04. The molecule has 0 aliphatic heterocycles. The van der Waals surface area contributed by atoms with Crippen LogP contribution in [0.1, 0.15) is 32.1 Å². The van der Waals surface area contributed by atoms with Crippen molar-refractivity contribution in [2.45, 2.75) is 32.1 Å². The van der Waals surface area contributed by atoms with Crippen molar-refractivity contribution in [3.05, 3.63) is 23.8 Å². The average molecular weight is 348 g/mol. The normalized spacial score (nSPS) is 34.0. The minimum Gasteiger partial charge on any atom is -0.302 e. The van der Waals surface area contributed by atoms with E-state index in [1.54, 1.807) is 0 Å². The number of nitrogens with one attached hydrogen (secondary N) is 1. The molecule has 4 bridgehead atoms. The second-order valence-corrected chi connectivity index (χ2v) is 8.73. The van der Waals surface area contributed by atoms with Crippen molar-refractivity contribution in [1.29, 1.82) is 0 Å². The number of thiazole rings is 1. The number of anilines is 1. The van der Waals surface area contributed by atoms with Crippen LogP contribution >= 0.6 is 11.3 Å². The van der Waals surface area contributed by atoms with Gasteiger partial charge in [-0.25, -0.2) is 13.8 Å².